The molecule has 10 heteroatoms. The van der Waals surface area contributed by atoms with Crippen molar-refractivity contribution in [1.29, 1.82) is 0 Å². The number of benzene rings is 1. The van der Waals surface area contributed by atoms with Crippen LogP contribution in [0.5, 0.6) is 0 Å². The second kappa shape index (κ2) is 7.59. The lowest BCUT2D eigenvalue weighted by Gasteiger charge is -2.31. The molecule has 4 rings (SSSR count). The van der Waals surface area contributed by atoms with Gasteiger partial charge in [-0.1, -0.05) is 29.8 Å². The number of anilines is 2. The van der Waals surface area contributed by atoms with Gasteiger partial charge in [0.1, 0.15) is 5.82 Å². The highest BCUT2D eigenvalue weighted by molar-refractivity contribution is 6.36. The lowest BCUT2D eigenvalue weighted by molar-refractivity contribution is 0.101. The highest BCUT2D eigenvalue weighted by Crippen LogP contribution is 2.34. The summed E-state index contributed by atoms with van der Waals surface area (Å²) in [5.41, 5.74) is 7.26. The van der Waals surface area contributed by atoms with Crippen molar-refractivity contribution in [2.24, 2.45) is 0 Å². The zero-order valence-corrected chi connectivity index (χ0v) is 16.1. The van der Waals surface area contributed by atoms with Crippen LogP contribution < -0.4 is 11.1 Å². The van der Waals surface area contributed by atoms with Crippen molar-refractivity contribution in [3.63, 3.8) is 0 Å². The first-order valence-corrected chi connectivity index (χ1v) is 9.50. The molecular weight excluding hydrogens is 396 g/mol. The summed E-state index contributed by atoms with van der Waals surface area (Å²) in [4.78, 5) is 29.8. The number of piperidine rings is 1. The molecule has 0 unspecified atom stereocenters. The number of hydrogen-bond acceptors (Lipinski definition) is 5. The number of aromatic nitrogens is 3. The van der Waals surface area contributed by atoms with Gasteiger partial charge in [-0.05, 0) is 25.0 Å². The van der Waals surface area contributed by atoms with Crippen molar-refractivity contribution in [1.82, 2.24) is 19.7 Å². The van der Waals surface area contributed by atoms with Gasteiger partial charge in [0.15, 0.2) is 5.69 Å². The van der Waals surface area contributed by atoms with Crippen molar-refractivity contribution < 1.29 is 14.7 Å². The van der Waals surface area contributed by atoms with E-state index in [4.69, 9.17) is 17.3 Å². The number of nitrogens with zero attached hydrogens (tertiary/aromatic N) is 4. The number of nitrogens with one attached hydrogen (secondary N) is 1. The lowest BCUT2D eigenvalue weighted by Crippen LogP contribution is -2.40. The largest absolute Gasteiger partial charge is 0.465 e. The molecule has 1 fully saturated rings. The van der Waals surface area contributed by atoms with Crippen LogP contribution in [0.2, 0.25) is 5.02 Å². The SMILES string of the molecule is Nc1ncc(Cl)c2c1c(C(=O)Nc1ccccc1)nn2[C@@H]1CCCN(C(=O)O)C1. The predicted octanol–water partition coefficient (Wildman–Crippen LogP) is 3.23. The van der Waals surface area contributed by atoms with E-state index in [2.05, 4.69) is 15.4 Å². The van der Waals surface area contributed by atoms with Gasteiger partial charge in [-0.25, -0.2) is 9.78 Å². The first-order valence-electron chi connectivity index (χ1n) is 9.12. The van der Waals surface area contributed by atoms with E-state index >= 15 is 0 Å². The van der Waals surface area contributed by atoms with E-state index in [9.17, 15) is 14.7 Å². The number of amides is 2. The molecule has 1 aliphatic heterocycles. The van der Waals surface area contributed by atoms with Gasteiger partial charge < -0.3 is 21.1 Å². The van der Waals surface area contributed by atoms with Gasteiger partial charge in [0.05, 0.1) is 28.2 Å². The number of pyridine rings is 1. The third kappa shape index (κ3) is 3.56. The Bertz CT molecular complexity index is 1080. The average Bonchev–Trinajstić information content (AvgIpc) is 3.14. The molecule has 0 bridgehead atoms. The highest BCUT2D eigenvalue weighted by atomic mass is 35.5. The molecular formula is C19H19ClN6O3. The van der Waals surface area contributed by atoms with E-state index in [1.807, 2.05) is 18.2 Å². The Labute approximate surface area is 171 Å². The van der Waals surface area contributed by atoms with Crippen molar-refractivity contribution in [3.8, 4) is 0 Å². The summed E-state index contributed by atoms with van der Waals surface area (Å²) in [6.07, 6.45) is 1.81. The first-order chi connectivity index (χ1) is 14.0. The van der Waals surface area contributed by atoms with Gasteiger partial charge in [-0.2, -0.15) is 5.10 Å². The molecule has 0 saturated carbocycles. The molecule has 0 radical (unpaired) electrons. The average molecular weight is 415 g/mol. The van der Waals surface area contributed by atoms with Gasteiger partial charge >= 0.3 is 6.09 Å². The molecule has 29 heavy (non-hydrogen) atoms. The Hall–Kier alpha value is -3.33. The van der Waals surface area contributed by atoms with Crippen LogP contribution in [0.4, 0.5) is 16.3 Å². The monoisotopic (exact) mass is 414 g/mol. The quantitative estimate of drug-likeness (QED) is 0.603. The second-order valence-electron chi connectivity index (χ2n) is 6.85. The minimum atomic E-state index is -0.986. The number of likely N-dealkylation sites (tertiary alicyclic amines) is 1. The fraction of sp³-hybridized carbons (Fsp3) is 0.263. The van der Waals surface area contributed by atoms with Gasteiger partial charge in [-0.15, -0.1) is 0 Å². The molecule has 3 aromatic rings. The number of nitrogen functional groups attached to an aromatic ring is 1. The summed E-state index contributed by atoms with van der Waals surface area (Å²) in [6.45, 7) is 0.716. The molecule has 150 valence electrons. The number of nitrogens with two attached hydrogens (primary N) is 1. The molecule has 1 saturated heterocycles. The molecule has 2 aromatic heterocycles. The standard InChI is InChI=1S/C19H19ClN6O3/c20-13-9-22-17(21)14-15(18(27)23-11-5-2-1-3-6-11)24-26(16(13)14)12-7-4-8-25(10-12)19(28)29/h1-3,5-6,9,12H,4,7-8,10H2,(H2,21,22)(H,23,27)(H,28,29)/t12-/m1/s1. The number of carbonyl (C=O) groups excluding carboxylic acids is 1. The number of para-hydroxylation sites is 1. The van der Waals surface area contributed by atoms with Crippen LogP contribution >= 0.6 is 11.6 Å². The minimum absolute atomic E-state index is 0.101. The molecule has 4 N–H and O–H groups in total. The number of fused-ring (bicyclic) bond motifs is 1. The van der Waals surface area contributed by atoms with Gasteiger partial charge in [0.25, 0.3) is 5.91 Å². The Balaban J connectivity index is 1.79. The van der Waals surface area contributed by atoms with Crippen molar-refractivity contribution >= 4 is 46.0 Å². The second-order valence-corrected chi connectivity index (χ2v) is 7.26. The molecule has 3 heterocycles. The van der Waals surface area contributed by atoms with Crippen LogP contribution in [0, 0.1) is 0 Å². The number of hydrogen-bond donors (Lipinski definition) is 3. The Morgan fingerprint density at radius 1 is 1.28 bits per heavy atom. The summed E-state index contributed by atoms with van der Waals surface area (Å²) in [7, 11) is 0. The number of carboxylic acid groups (broad SMARTS) is 1. The van der Waals surface area contributed by atoms with Crippen molar-refractivity contribution in [2.75, 3.05) is 24.1 Å². The summed E-state index contributed by atoms with van der Waals surface area (Å²) >= 11 is 6.39. The molecule has 0 aliphatic carbocycles. The Morgan fingerprint density at radius 3 is 2.76 bits per heavy atom. The van der Waals surface area contributed by atoms with Crippen LogP contribution in [0.25, 0.3) is 10.9 Å². The van der Waals surface area contributed by atoms with Crippen molar-refractivity contribution in [2.45, 2.75) is 18.9 Å². The van der Waals surface area contributed by atoms with Gasteiger partial charge in [0, 0.05) is 18.8 Å². The molecule has 2 amide bonds. The first kappa shape index (κ1) is 19.0. The van der Waals surface area contributed by atoms with Crippen LogP contribution in [0.1, 0.15) is 29.4 Å². The van der Waals surface area contributed by atoms with Crippen LogP contribution in [-0.4, -0.2) is 49.9 Å². The van der Waals surface area contributed by atoms with E-state index in [1.54, 1.807) is 16.8 Å². The third-order valence-corrected chi connectivity index (χ3v) is 5.25. The number of carbonyl (C=O) groups is 2. The highest BCUT2D eigenvalue weighted by Gasteiger charge is 2.30. The van der Waals surface area contributed by atoms with Crippen LogP contribution in [0.3, 0.4) is 0 Å². The molecule has 1 atom stereocenters. The van der Waals surface area contributed by atoms with Gasteiger partial charge in [0.2, 0.25) is 0 Å². The van der Waals surface area contributed by atoms with Crippen LogP contribution in [-0.2, 0) is 0 Å². The summed E-state index contributed by atoms with van der Waals surface area (Å²) in [6, 6.07) is 8.72. The maximum absolute atomic E-state index is 12.9. The van der Waals surface area contributed by atoms with E-state index in [0.717, 1.165) is 0 Å². The smallest absolute Gasteiger partial charge is 0.407 e. The number of rotatable bonds is 3. The van der Waals surface area contributed by atoms with Crippen LogP contribution in [0.15, 0.2) is 36.5 Å². The summed E-state index contributed by atoms with van der Waals surface area (Å²) in [5, 5.41) is 17.3. The minimum Gasteiger partial charge on any atom is -0.465 e. The fourth-order valence-electron chi connectivity index (χ4n) is 3.62. The maximum atomic E-state index is 12.9. The zero-order chi connectivity index (χ0) is 20.5. The molecule has 9 nitrogen and oxygen atoms in total. The lowest BCUT2D eigenvalue weighted by atomic mass is 10.1. The summed E-state index contributed by atoms with van der Waals surface area (Å²) in [5.74, 6) is -0.304. The normalized spacial score (nSPS) is 16.7. The van der Waals surface area contributed by atoms with Crippen molar-refractivity contribution in [3.05, 3.63) is 47.2 Å². The maximum Gasteiger partial charge on any atom is 0.407 e. The number of halogens is 1. The molecule has 1 aromatic carbocycles. The van der Waals surface area contributed by atoms with E-state index < -0.39 is 12.0 Å². The molecule has 0 spiro atoms. The zero-order valence-electron chi connectivity index (χ0n) is 15.4. The topological polar surface area (TPSA) is 126 Å². The van der Waals surface area contributed by atoms with Gasteiger partial charge in [-0.3, -0.25) is 9.48 Å². The summed E-state index contributed by atoms with van der Waals surface area (Å²) < 4.78 is 1.62. The Kier molecular flexibility index (Phi) is 4.98. The third-order valence-electron chi connectivity index (χ3n) is 4.97. The fourth-order valence-corrected chi connectivity index (χ4v) is 3.85. The van der Waals surface area contributed by atoms with E-state index in [0.29, 0.717) is 41.0 Å². The van der Waals surface area contributed by atoms with E-state index in [1.165, 1.54) is 11.1 Å². The Morgan fingerprint density at radius 2 is 2.03 bits per heavy atom. The molecule has 1 aliphatic rings. The predicted molar refractivity (Wildman–Crippen MR) is 109 cm³/mol. The van der Waals surface area contributed by atoms with E-state index in [-0.39, 0.29) is 24.1 Å².